The summed E-state index contributed by atoms with van der Waals surface area (Å²) >= 11 is 0. The zero-order valence-corrected chi connectivity index (χ0v) is 26.9. The average Bonchev–Trinajstić information content (AvgIpc) is 2.94. The maximum absolute atomic E-state index is 13.3. The number of ether oxygens (including phenoxy) is 3. The third-order valence-electron chi connectivity index (χ3n) is 6.10. The number of hydrogen-bond acceptors (Lipinski definition) is 8. The lowest BCUT2D eigenvalue weighted by atomic mass is 10.1. The van der Waals surface area contributed by atoms with E-state index in [0.29, 0.717) is 18.9 Å². The molecule has 0 aliphatic heterocycles. The summed E-state index contributed by atoms with van der Waals surface area (Å²) in [6, 6.07) is 17.0. The molecule has 2 heterocycles. The van der Waals surface area contributed by atoms with E-state index in [1.54, 1.807) is 22.2 Å². The maximum atomic E-state index is 13.3. The fourth-order valence-electron chi connectivity index (χ4n) is 4.27. The number of amides is 2. The minimum atomic E-state index is -0.669. The molecule has 3 rings (SSSR count). The Labute approximate surface area is 261 Å². The SMILES string of the molecule is CC(C)(C)OC(=O)N(Cc1cc(CN(Cc2ccccn2)C(=O)OC(C)(C)C)cc(OCCCCN)c1)Cc1ccccn1. The number of pyridine rings is 2. The molecule has 0 bridgehead atoms. The highest BCUT2D eigenvalue weighted by Gasteiger charge is 2.25. The summed E-state index contributed by atoms with van der Waals surface area (Å²) in [6.45, 7) is 13.1. The first-order chi connectivity index (χ1) is 20.8. The van der Waals surface area contributed by atoms with Crippen molar-refractivity contribution in [3.63, 3.8) is 0 Å². The lowest BCUT2D eigenvalue weighted by molar-refractivity contribution is 0.0208. The number of rotatable bonds is 13. The van der Waals surface area contributed by atoms with Crippen LogP contribution in [0.5, 0.6) is 5.75 Å². The summed E-state index contributed by atoms with van der Waals surface area (Å²) in [5.74, 6) is 0.637. The van der Waals surface area contributed by atoms with Crippen molar-refractivity contribution >= 4 is 12.2 Å². The van der Waals surface area contributed by atoms with Gasteiger partial charge in [0.25, 0.3) is 0 Å². The molecule has 0 aliphatic rings. The summed E-state index contributed by atoms with van der Waals surface area (Å²) in [5.41, 5.74) is 7.44. The predicted molar refractivity (Wildman–Crippen MR) is 170 cm³/mol. The second-order valence-corrected chi connectivity index (χ2v) is 12.6. The van der Waals surface area contributed by atoms with Crippen LogP contribution in [0.15, 0.2) is 67.0 Å². The summed E-state index contributed by atoms with van der Waals surface area (Å²) in [4.78, 5) is 38.7. The number of nitrogens with zero attached hydrogens (tertiary/aromatic N) is 4. The standard InChI is InChI=1S/C34H47N5O5/c1-33(2,3)43-31(40)38(24-28-13-7-10-16-36-28)22-26-19-27(21-30(20-26)42-18-12-9-15-35)23-39(32(41)44-34(4,5)6)25-29-14-8-11-17-37-29/h7-8,10-11,13-14,16-17,19-21H,9,12,15,18,22-25,35H2,1-6H3. The van der Waals surface area contributed by atoms with Gasteiger partial charge in [-0.1, -0.05) is 18.2 Å². The number of nitrogens with two attached hydrogens (primary N) is 1. The molecule has 10 nitrogen and oxygen atoms in total. The van der Waals surface area contributed by atoms with Crippen molar-refractivity contribution in [2.75, 3.05) is 13.2 Å². The van der Waals surface area contributed by atoms with Crippen LogP contribution < -0.4 is 10.5 Å². The molecular weight excluding hydrogens is 558 g/mol. The minimum Gasteiger partial charge on any atom is -0.494 e. The van der Waals surface area contributed by atoms with Crippen LogP contribution in [0.1, 0.15) is 76.9 Å². The smallest absolute Gasteiger partial charge is 0.410 e. The molecule has 2 aromatic heterocycles. The van der Waals surface area contributed by atoms with Gasteiger partial charge >= 0.3 is 12.2 Å². The van der Waals surface area contributed by atoms with Gasteiger partial charge in [0, 0.05) is 25.5 Å². The van der Waals surface area contributed by atoms with Crippen LogP contribution in [-0.4, -0.2) is 56.3 Å². The van der Waals surface area contributed by atoms with E-state index in [1.807, 2.05) is 96.1 Å². The van der Waals surface area contributed by atoms with Gasteiger partial charge in [-0.25, -0.2) is 9.59 Å². The fraction of sp³-hybridized carbons (Fsp3) is 0.471. The van der Waals surface area contributed by atoms with Crippen LogP contribution in [0.2, 0.25) is 0 Å². The monoisotopic (exact) mass is 605 g/mol. The first-order valence-electron chi connectivity index (χ1n) is 15.0. The van der Waals surface area contributed by atoms with Crippen molar-refractivity contribution in [2.45, 2.75) is 91.8 Å². The van der Waals surface area contributed by atoms with Gasteiger partial charge in [-0.2, -0.15) is 0 Å². The zero-order valence-electron chi connectivity index (χ0n) is 26.9. The lowest BCUT2D eigenvalue weighted by Crippen LogP contribution is -2.37. The molecule has 0 saturated heterocycles. The normalized spacial score (nSPS) is 11.5. The number of carbonyl (C=O) groups is 2. The lowest BCUT2D eigenvalue weighted by Gasteiger charge is -2.29. The van der Waals surface area contributed by atoms with Gasteiger partial charge in [-0.3, -0.25) is 19.8 Å². The van der Waals surface area contributed by atoms with Gasteiger partial charge in [0.1, 0.15) is 17.0 Å². The highest BCUT2D eigenvalue weighted by atomic mass is 16.6. The van der Waals surface area contributed by atoms with Crippen molar-refractivity contribution in [1.29, 1.82) is 0 Å². The fourth-order valence-corrected chi connectivity index (χ4v) is 4.27. The number of carbonyl (C=O) groups excluding carboxylic acids is 2. The highest BCUT2D eigenvalue weighted by Crippen LogP contribution is 2.24. The van der Waals surface area contributed by atoms with Crippen LogP contribution in [0.3, 0.4) is 0 Å². The van der Waals surface area contributed by atoms with Crippen LogP contribution in [-0.2, 0) is 35.7 Å². The average molecular weight is 606 g/mol. The molecule has 0 radical (unpaired) electrons. The second kappa shape index (κ2) is 16.0. The predicted octanol–water partition coefficient (Wildman–Crippen LogP) is 6.47. The van der Waals surface area contributed by atoms with E-state index in [0.717, 1.165) is 35.4 Å². The first kappa shape index (κ1) is 34.3. The zero-order chi connectivity index (χ0) is 32.2. The summed E-state index contributed by atoms with van der Waals surface area (Å²) in [5, 5.41) is 0. The van der Waals surface area contributed by atoms with Crippen molar-refractivity contribution in [3.05, 3.63) is 89.5 Å². The molecule has 0 saturated carbocycles. The Balaban J connectivity index is 1.95. The van der Waals surface area contributed by atoms with Gasteiger partial charge in [-0.05, 0) is 108 Å². The molecule has 2 amide bonds. The minimum absolute atomic E-state index is 0.241. The Hall–Kier alpha value is -4.18. The molecule has 10 heteroatoms. The van der Waals surface area contributed by atoms with Gasteiger partial charge in [0.05, 0.1) is 31.1 Å². The Morgan fingerprint density at radius 2 is 1.18 bits per heavy atom. The van der Waals surface area contributed by atoms with E-state index in [4.69, 9.17) is 19.9 Å². The molecule has 0 atom stereocenters. The Morgan fingerprint density at radius 3 is 1.57 bits per heavy atom. The largest absolute Gasteiger partial charge is 0.494 e. The van der Waals surface area contributed by atoms with Gasteiger partial charge in [-0.15, -0.1) is 0 Å². The van der Waals surface area contributed by atoms with Gasteiger partial charge < -0.3 is 19.9 Å². The Bertz CT molecular complexity index is 1230. The van der Waals surface area contributed by atoms with E-state index in [-0.39, 0.29) is 26.2 Å². The summed E-state index contributed by atoms with van der Waals surface area (Å²) in [6.07, 6.45) is 4.14. The van der Waals surface area contributed by atoms with E-state index >= 15 is 0 Å². The molecule has 44 heavy (non-hydrogen) atoms. The van der Waals surface area contributed by atoms with E-state index in [1.165, 1.54) is 0 Å². The Morgan fingerprint density at radius 1 is 0.705 bits per heavy atom. The summed E-state index contributed by atoms with van der Waals surface area (Å²) < 4.78 is 17.6. The van der Waals surface area contributed by atoms with Crippen LogP contribution in [0.25, 0.3) is 0 Å². The topological polar surface area (TPSA) is 120 Å². The molecular formula is C34H47N5O5. The number of aromatic nitrogens is 2. The highest BCUT2D eigenvalue weighted by molar-refractivity contribution is 5.69. The molecule has 238 valence electrons. The molecule has 2 N–H and O–H groups in total. The maximum Gasteiger partial charge on any atom is 0.410 e. The molecule has 0 spiro atoms. The van der Waals surface area contributed by atoms with Crippen molar-refractivity contribution in [3.8, 4) is 5.75 Å². The van der Waals surface area contributed by atoms with Crippen LogP contribution in [0, 0.1) is 0 Å². The Kier molecular flexibility index (Phi) is 12.5. The van der Waals surface area contributed by atoms with Crippen LogP contribution >= 0.6 is 0 Å². The number of hydrogen-bond donors (Lipinski definition) is 1. The van der Waals surface area contributed by atoms with E-state index < -0.39 is 23.4 Å². The third kappa shape index (κ3) is 12.6. The van der Waals surface area contributed by atoms with Crippen molar-refractivity contribution in [2.24, 2.45) is 5.73 Å². The second-order valence-electron chi connectivity index (χ2n) is 12.6. The molecule has 1 aromatic carbocycles. The number of unbranched alkanes of at least 4 members (excludes halogenated alkanes) is 1. The third-order valence-corrected chi connectivity index (χ3v) is 6.10. The van der Waals surface area contributed by atoms with Gasteiger partial charge in [0.15, 0.2) is 0 Å². The summed E-state index contributed by atoms with van der Waals surface area (Å²) in [7, 11) is 0. The van der Waals surface area contributed by atoms with Crippen molar-refractivity contribution < 1.29 is 23.8 Å². The van der Waals surface area contributed by atoms with E-state index in [2.05, 4.69) is 9.97 Å². The number of benzene rings is 1. The molecule has 0 unspecified atom stereocenters. The first-order valence-corrected chi connectivity index (χ1v) is 15.0. The van der Waals surface area contributed by atoms with Crippen molar-refractivity contribution in [1.82, 2.24) is 19.8 Å². The van der Waals surface area contributed by atoms with Gasteiger partial charge in [0.2, 0.25) is 0 Å². The van der Waals surface area contributed by atoms with E-state index in [9.17, 15) is 9.59 Å². The molecule has 3 aromatic rings. The quantitative estimate of drug-likeness (QED) is 0.220. The molecule has 0 aliphatic carbocycles. The van der Waals surface area contributed by atoms with Crippen LogP contribution in [0.4, 0.5) is 9.59 Å². The molecule has 0 fully saturated rings.